The van der Waals surface area contributed by atoms with Crippen molar-refractivity contribution in [1.29, 1.82) is 0 Å². The van der Waals surface area contributed by atoms with Gasteiger partial charge in [-0.2, -0.15) is 0 Å². The van der Waals surface area contributed by atoms with Crippen LogP contribution < -0.4 is 19.6 Å². The number of rotatable bonds is 7. The monoisotopic (exact) mass is 628 g/mol. The number of fused-ring (bicyclic) bond motifs is 2. The fourth-order valence-electron chi connectivity index (χ4n) is 5.22. The average molecular weight is 630 g/mol. The Hall–Kier alpha value is -4.17. The third-order valence-corrected chi connectivity index (χ3v) is 8.77. The number of allylic oxidation sites excluding steroid dienone is 1. The van der Waals surface area contributed by atoms with Crippen LogP contribution in [0, 0.1) is 0 Å². The van der Waals surface area contributed by atoms with Crippen LogP contribution in [0.25, 0.3) is 16.8 Å². The highest BCUT2D eigenvalue weighted by Crippen LogP contribution is 2.35. The van der Waals surface area contributed by atoms with Crippen molar-refractivity contribution >= 4 is 57.4 Å². The molecule has 0 saturated heterocycles. The number of carbonyl (C=O) groups excluding carboxylic acids is 1. The number of halogens is 2. The van der Waals surface area contributed by atoms with Gasteiger partial charge in [-0.15, -0.1) is 0 Å². The third kappa shape index (κ3) is 5.76. The zero-order chi connectivity index (χ0) is 30.1. The Balaban J connectivity index is 1.43. The minimum absolute atomic E-state index is 0.213. The molecule has 1 aliphatic rings. The van der Waals surface area contributed by atoms with Gasteiger partial charge in [0.15, 0.2) is 4.80 Å². The Morgan fingerprint density at radius 1 is 1.02 bits per heavy atom. The maximum Gasteiger partial charge on any atom is 0.338 e. The lowest BCUT2D eigenvalue weighted by Gasteiger charge is -2.25. The molecule has 9 heteroatoms. The number of esters is 1. The van der Waals surface area contributed by atoms with Gasteiger partial charge in [-0.25, -0.2) is 9.79 Å². The summed E-state index contributed by atoms with van der Waals surface area (Å²) in [5, 5.41) is 3.05. The number of ether oxygens (including phenoxy) is 2. The number of thiazole rings is 1. The molecule has 1 aliphatic heterocycles. The van der Waals surface area contributed by atoms with E-state index in [1.54, 1.807) is 30.5 Å². The number of hydrogen-bond acceptors (Lipinski definition) is 6. The zero-order valence-electron chi connectivity index (χ0n) is 23.3. The summed E-state index contributed by atoms with van der Waals surface area (Å²) in [6, 6.07) is 25.9. The lowest BCUT2D eigenvalue weighted by atomic mass is 9.91. The van der Waals surface area contributed by atoms with Gasteiger partial charge in [0.2, 0.25) is 0 Å². The molecule has 6 rings (SSSR count). The van der Waals surface area contributed by atoms with Crippen LogP contribution in [-0.4, -0.2) is 17.1 Å². The van der Waals surface area contributed by atoms with Crippen LogP contribution in [0.5, 0.6) is 5.75 Å². The molecule has 0 bridgehead atoms. The predicted octanol–water partition coefficient (Wildman–Crippen LogP) is 6.84. The van der Waals surface area contributed by atoms with Crippen molar-refractivity contribution in [1.82, 2.24) is 4.57 Å². The summed E-state index contributed by atoms with van der Waals surface area (Å²) in [5.41, 5.74) is 3.07. The highest BCUT2D eigenvalue weighted by molar-refractivity contribution is 7.07. The van der Waals surface area contributed by atoms with Crippen LogP contribution in [0.4, 0.5) is 0 Å². The standard InChI is InChI=1S/C34H26Cl2N2O4S/c1-3-41-33(40)30-20(2)37-34-38(31(30)27-13-7-10-22-9-4-5-12-26(22)27)32(39)29(43-34)17-21-8-6-11-25(16-21)42-19-23-14-15-24(35)18-28(23)36/h4-18,31H,3,19H2,1-2H3/b29-17-/t31-/m0/s1. The number of hydrogen-bond donors (Lipinski definition) is 0. The second-order valence-corrected chi connectivity index (χ2v) is 11.8. The SMILES string of the molecule is CCOC(=O)C1=C(C)N=c2s/c(=C\c3cccc(OCc4ccc(Cl)cc4Cl)c3)c(=O)n2[C@H]1c1cccc2ccccc12. The maximum atomic E-state index is 14.1. The fourth-order valence-corrected chi connectivity index (χ4v) is 6.73. The van der Waals surface area contributed by atoms with Crippen LogP contribution in [0.1, 0.15) is 36.6 Å². The fraction of sp³-hybridized carbons (Fsp3) is 0.147. The van der Waals surface area contributed by atoms with Crippen molar-refractivity contribution in [2.24, 2.45) is 4.99 Å². The first-order chi connectivity index (χ1) is 20.8. The molecule has 0 radical (unpaired) electrons. The minimum Gasteiger partial charge on any atom is -0.489 e. The molecule has 0 saturated carbocycles. The number of carbonyl (C=O) groups is 1. The summed E-state index contributed by atoms with van der Waals surface area (Å²) in [7, 11) is 0. The largest absolute Gasteiger partial charge is 0.489 e. The summed E-state index contributed by atoms with van der Waals surface area (Å²) in [6.07, 6.45) is 1.81. The van der Waals surface area contributed by atoms with Gasteiger partial charge in [0.05, 0.1) is 28.5 Å². The first-order valence-corrected chi connectivity index (χ1v) is 15.3. The molecule has 0 unspecified atom stereocenters. The molecular weight excluding hydrogens is 603 g/mol. The van der Waals surface area contributed by atoms with Crippen molar-refractivity contribution in [2.75, 3.05) is 6.61 Å². The average Bonchev–Trinajstić information content (AvgIpc) is 3.29. The van der Waals surface area contributed by atoms with Crippen LogP contribution in [0.2, 0.25) is 10.0 Å². The predicted molar refractivity (Wildman–Crippen MR) is 172 cm³/mol. The van der Waals surface area contributed by atoms with E-state index in [0.717, 1.165) is 27.5 Å². The molecule has 5 aromatic rings. The van der Waals surface area contributed by atoms with Gasteiger partial charge in [0, 0.05) is 15.6 Å². The van der Waals surface area contributed by atoms with Crippen molar-refractivity contribution in [2.45, 2.75) is 26.5 Å². The number of aromatic nitrogens is 1. The topological polar surface area (TPSA) is 69.9 Å². The molecule has 6 nitrogen and oxygen atoms in total. The summed E-state index contributed by atoms with van der Waals surface area (Å²) in [4.78, 5) is 32.6. The van der Waals surface area contributed by atoms with Crippen molar-refractivity contribution in [3.63, 3.8) is 0 Å². The summed E-state index contributed by atoms with van der Waals surface area (Å²) >= 11 is 13.6. The van der Waals surface area contributed by atoms with E-state index >= 15 is 0 Å². The highest BCUT2D eigenvalue weighted by atomic mass is 35.5. The van der Waals surface area contributed by atoms with Gasteiger partial charge < -0.3 is 9.47 Å². The van der Waals surface area contributed by atoms with Crippen molar-refractivity contribution in [3.05, 3.63) is 143 Å². The van der Waals surface area contributed by atoms with Gasteiger partial charge in [-0.3, -0.25) is 9.36 Å². The van der Waals surface area contributed by atoms with Crippen LogP contribution in [0.3, 0.4) is 0 Å². The van der Waals surface area contributed by atoms with Gasteiger partial charge in [-0.1, -0.05) is 95.2 Å². The van der Waals surface area contributed by atoms with E-state index in [2.05, 4.69) is 0 Å². The Morgan fingerprint density at radius 2 is 1.81 bits per heavy atom. The van der Waals surface area contributed by atoms with E-state index in [0.29, 0.717) is 36.4 Å². The van der Waals surface area contributed by atoms with Crippen LogP contribution in [0.15, 0.2) is 106 Å². The molecule has 0 amide bonds. The summed E-state index contributed by atoms with van der Waals surface area (Å²) < 4.78 is 13.5. The first kappa shape index (κ1) is 28.9. The van der Waals surface area contributed by atoms with Gasteiger partial charge in [0.1, 0.15) is 12.4 Å². The van der Waals surface area contributed by atoms with E-state index in [4.69, 9.17) is 37.7 Å². The summed E-state index contributed by atoms with van der Waals surface area (Å²) in [5.74, 6) is 0.142. The van der Waals surface area contributed by atoms with Crippen LogP contribution >= 0.6 is 34.5 Å². The Morgan fingerprint density at radius 3 is 2.63 bits per heavy atom. The lowest BCUT2D eigenvalue weighted by Crippen LogP contribution is -2.40. The van der Waals surface area contributed by atoms with E-state index < -0.39 is 12.0 Å². The third-order valence-electron chi connectivity index (χ3n) is 7.20. The molecule has 0 spiro atoms. The molecule has 1 atom stereocenters. The van der Waals surface area contributed by atoms with Crippen molar-refractivity contribution < 1.29 is 14.3 Å². The summed E-state index contributed by atoms with van der Waals surface area (Å²) in [6.45, 7) is 4.03. The maximum absolute atomic E-state index is 14.1. The van der Waals surface area contributed by atoms with E-state index in [1.165, 1.54) is 11.3 Å². The smallest absolute Gasteiger partial charge is 0.338 e. The Bertz CT molecular complexity index is 2090. The van der Waals surface area contributed by atoms with Gasteiger partial charge in [0.25, 0.3) is 5.56 Å². The quantitative estimate of drug-likeness (QED) is 0.185. The first-order valence-electron chi connectivity index (χ1n) is 13.7. The molecule has 4 aromatic carbocycles. The minimum atomic E-state index is -0.692. The second-order valence-electron chi connectivity index (χ2n) is 9.97. The van der Waals surface area contributed by atoms with Crippen LogP contribution in [-0.2, 0) is 16.1 Å². The van der Waals surface area contributed by atoms with E-state index in [-0.39, 0.29) is 18.8 Å². The zero-order valence-corrected chi connectivity index (χ0v) is 25.7. The number of benzene rings is 4. The molecule has 216 valence electrons. The normalized spacial score (nSPS) is 14.9. The molecule has 0 fully saturated rings. The molecule has 43 heavy (non-hydrogen) atoms. The molecule has 1 aromatic heterocycles. The lowest BCUT2D eigenvalue weighted by molar-refractivity contribution is -0.139. The van der Waals surface area contributed by atoms with Gasteiger partial charge >= 0.3 is 5.97 Å². The van der Waals surface area contributed by atoms with E-state index in [1.807, 2.05) is 78.9 Å². The Kier molecular flexibility index (Phi) is 8.21. The molecule has 0 N–H and O–H groups in total. The molecule has 0 aliphatic carbocycles. The molecule has 2 heterocycles. The van der Waals surface area contributed by atoms with E-state index in [9.17, 15) is 9.59 Å². The van der Waals surface area contributed by atoms with Crippen molar-refractivity contribution in [3.8, 4) is 5.75 Å². The highest BCUT2D eigenvalue weighted by Gasteiger charge is 2.34. The Labute approximate surface area is 261 Å². The number of nitrogens with zero attached hydrogens (tertiary/aromatic N) is 2. The van der Waals surface area contributed by atoms with Gasteiger partial charge in [-0.05, 0) is 66.1 Å². The second kappa shape index (κ2) is 12.2. The molecular formula is C34H26Cl2N2O4S.